The molecule has 9 nitrogen and oxygen atoms in total. The normalized spacial score (nSPS) is 11.7. The van der Waals surface area contributed by atoms with Gasteiger partial charge in [-0.15, -0.1) is 5.10 Å². The standard InChI is InChI=1S/C34H43N5O4/c1-26(2)19-21-41-32-17-8-6-15-30(32)31-16-7-9-18-33(31)42-25-29-23-39(38-37-29)22-28(14-10-11-20-35)36-34(40)43-24-27-12-4-3-5-13-27/h3-9,12-13,15-18,23,26,28H,10-11,14,19-22,24-25,35H2,1-2H3,(H,36,40)/t28-/m1/s1. The van der Waals surface area contributed by atoms with Crippen molar-refractivity contribution in [2.24, 2.45) is 11.7 Å². The Labute approximate surface area is 254 Å². The van der Waals surface area contributed by atoms with Crippen molar-refractivity contribution in [2.75, 3.05) is 13.2 Å². The average molecular weight is 586 g/mol. The van der Waals surface area contributed by atoms with Crippen molar-refractivity contribution >= 4 is 6.09 Å². The first-order valence-electron chi connectivity index (χ1n) is 15.0. The number of hydrogen-bond acceptors (Lipinski definition) is 7. The van der Waals surface area contributed by atoms with E-state index in [1.807, 2.05) is 85.1 Å². The number of alkyl carbamates (subject to hydrolysis) is 1. The number of benzene rings is 3. The van der Waals surface area contributed by atoms with Gasteiger partial charge in [0.25, 0.3) is 0 Å². The number of amides is 1. The molecular weight excluding hydrogens is 542 g/mol. The number of aromatic nitrogens is 3. The van der Waals surface area contributed by atoms with Crippen LogP contribution >= 0.6 is 0 Å². The number of hydrogen-bond donors (Lipinski definition) is 2. The molecule has 0 saturated heterocycles. The van der Waals surface area contributed by atoms with Gasteiger partial charge >= 0.3 is 6.09 Å². The molecule has 0 spiro atoms. The molecule has 1 aromatic heterocycles. The number of nitrogens with two attached hydrogens (primary N) is 1. The third kappa shape index (κ3) is 10.4. The van der Waals surface area contributed by atoms with E-state index >= 15 is 0 Å². The van der Waals surface area contributed by atoms with Crippen molar-refractivity contribution in [1.29, 1.82) is 0 Å². The number of carbonyl (C=O) groups excluding carboxylic acids is 1. The zero-order chi connectivity index (χ0) is 30.3. The first-order chi connectivity index (χ1) is 21.0. The number of rotatable bonds is 17. The summed E-state index contributed by atoms with van der Waals surface area (Å²) in [7, 11) is 0. The largest absolute Gasteiger partial charge is 0.493 e. The summed E-state index contributed by atoms with van der Waals surface area (Å²) < 4.78 is 19.5. The zero-order valence-corrected chi connectivity index (χ0v) is 25.2. The maximum absolute atomic E-state index is 12.5. The smallest absolute Gasteiger partial charge is 0.407 e. The van der Waals surface area contributed by atoms with Gasteiger partial charge in [0.2, 0.25) is 0 Å². The van der Waals surface area contributed by atoms with Gasteiger partial charge in [-0.2, -0.15) is 0 Å². The van der Waals surface area contributed by atoms with Crippen LogP contribution in [0.5, 0.6) is 11.5 Å². The van der Waals surface area contributed by atoms with Gasteiger partial charge in [0.1, 0.15) is 30.4 Å². The van der Waals surface area contributed by atoms with E-state index in [4.69, 9.17) is 19.9 Å². The molecule has 1 amide bonds. The van der Waals surface area contributed by atoms with Crippen LogP contribution in [-0.2, 0) is 24.5 Å². The van der Waals surface area contributed by atoms with E-state index < -0.39 is 6.09 Å². The highest BCUT2D eigenvalue weighted by Gasteiger charge is 2.16. The molecule has 0 aliphatic heterocycles. The molecule has 0 saturated carbocycles. The minimum Gasteiger partial charge on any atom is -0.493 e. The Morgan fingerprint density at radius 3 is 2.23 bits per heavy atom. The number of nitrogens with one attached hydrogen (secondary N) is 1. The summed E-state index contributed by atoms with van der Waals surface area (Å²) in [6.07, 6.45) is 4.87. The van der Waals surface area contributed by atoms with Crippen LogP contribution in [0.3, 0.4) is 0 Å². The zero-order valence-electron chi connectivity index (χ0n) is 25.2. The van der Waals surface area contributed by atoms with Gasteiger partial charge in [-0.05, 0) is 49.4 Å². The second kappa shape index (κ2) is 16.9. The van der Waals surface area contributed by atoms with E-state index in [0.29, 0.717) is 31.3 Å². The Morgan fingerprint density at radius 1 is 0.860 bits per heavy atom. The number of nitrogens with zero attached hydrogens (tertiary/aromatic N) is 3. The first-order valence-corrected chi connectivity index (χ1v) is 15.0. The van der Waals surface area contributed by atoms with E-state index in [1.165, 1.54) is 0 Å². The van der Waals surface area contributed by atoms with E-state index in [2.05, 4.69) is 29.5 Å². The fourth-order valence-electron chi connectivity index (χ4n) is 4.58. The Hall–Kier alpha value is -4.37. The van der Waals surface area contributed by atoms with Crippen LogP contribution in [0.15, 0.2) is 85.1 Å². The molecule has 0 radical (unpaired) electrons. The lowest BCUT2D eigenvalue weighted by Crippen LogP contribution is -2.38. The fourth-order valence-corrected chi connectivity index (χ4v) is 4.58. The van der Waals surface area contributed by atoms with Crippen LogP contribution in [0, 0.1) is 5.92 Å². The SMILES string of the molecule is CC(C)CCOc1ccccc1-c1ccccc1OCc1cn(C[C@@H](CCCCN)NC(=O)OCc2ccccc2)nn1. The summed E-state index contributed by atoms with van der Waals surface area (Å²) in [5.41, 5.74) is 9.24. The van der Waals surface area contributed by atoms with E-state index in [1.54, 1.807) is 4.68 Å². The van der Waals surface area contributed by atoms with Gasteiger partial charge in [0.15, 0.2) is 0 Å². The summed E-state index contributed by atoms with van der Waals surface area (Å²) in [6, 6.07) is 25.4. The van der Waals surface area contributed by atoms with Crippen LogP contribution in [0.2, 0.25) is 0 Å². The molecule has 1 heterocycles. The molecule has 228 valence electrons. The van der Waals surface area contributed by atoms with E-state index in [0.717, 1.165) is 53.9 Å². The second-order valence-electron chi connectivity index (χ2n) is 10.9. The summed E-state index contributed by atoms with van der Waals surface area (Å²) in [5, 5.41) is 11.6. The number of carbonyl (C=O) groups is 1. The van der Waals surface area contributed by atoms with Gasteiger partial charge in [-0.3, -0.25) is 4.68 Å². The molecule has 9 heteroatoms. The monoisotopic (exact) mass is 585 g/mol. The number of unbranched alkanes of at least 4 members (excludes halogenated alkanes) is 1. The maximum atomic E-state index is 12.5. The Kier molecular flexibility index (Phi) is 12.4. The number of para-hydroxylation sites is 2. The minimum atomic E-state index is -0.463. The average Bonchev–Trinajstić information content (AvgIpc) is 3.47. The fraction of sp³-hybridized carbons (Fsp3) is 0.382. The first kappa shape index (κ1) is 31.6. The summed E-state index contributed by atoms with van der Waals surface area (Å²) >= 11 is 0. The van der Waals surface area contributed by atoms with Gasteiger partial charge < -0.3 is 25.3 Å². The molecule has 43 heavy (non-hydrogen) atoms. The van der Waals surface area contributed by atoms with Gasteiger partial charge in [0.05, 0.1) is 25.4 Å². The lowest BCUT2D eigenvalue weighted by Gasteiger charge is -2.18. The molecule has 4 rings (SSSR count). The summed E-state index contributed by atoms with van der Waals surface area (Å²) in [6.45, 7) is 6.55. The number of ether oxygens (including phenoxy) is 3. The maximum Gasteiger partial charge on any atom is 0.407 e. The van der Waals surface area contributed by atoms with Crippen molar-refractivity contribution in [3.63, 3.8) is 0 Å². The Bertz CT molecular complexity index is 1390. The van der Waals surface area contributed by atoms with Crippen LogP contribution in [-0.4, -0.2) is 40.3 Å². The topological polar surface area (TPSA) is 114 Å². The van der Waals surface area contributed by atoms with E-state index in [9.17, 15) is 4.79 Å². The quantitative estimate of drug-likeness (QED) is 0.138. The summed E-state index contributed by atoms with van der Waals surface area (Å²) in [5.74, 6) is 2.14. The van der Waals surface area contributed by atoms with Crippen LogP contribution in [0.1, 0.15) is 50.8 Å². The van der Waals surface area contributed by atoms with Crippen LogP contribution in [0.25, 0.3) is 11.1 Å². The molecular formula is C34H43N5O4. The highest BCUT2D eigenvalue weighted by atomic mass is 16.5. The molecule has 3 aromatic carbocycles. The van der Waals surface area contributed by atoms with Crippen LogP contribution in [0.4, 0.5) is 4.79 Å². The Morgan fingerprint density at radius 2 is 1.53 bits per heavy atom. The highest BCUT2D eigenvalue weighted by Crippen LogP contribution is 2.36. The predicted octanol–water partition coefficient (Wildman–Crippen LogP) is 6.37. The highest BCUT2D eigenvalue weighted by molar-refractivity contribution is 5.75. The van der Waals surface area contributed by atoms with Crippen molar-refractivity contribution in [1.82, 2.24) is 20.3 Å². The second-order valence-corrected chi connectivity index (χ2v) is 10.9. The van der Waals surface area contributed by atoms with Gasteiger partial charge in [-0.25, -0.2) is 4.79 Å². The third-order valence-electron chi connectivity index (χ3n) is 6.93. The molecule has 0 aliphatic rings. The molecule has 0 bridgehead atoms. The molecule has 0 fully saturated rings. The third-order valence-corrected chi connectivity index (χ3v) is 6.93. The van der Waals surface area contributed by atoms with Crippen molar-refractivity contribution in [2.45, 2.75) is 65.3 Å². The molecule has 3 N–H and O–H groups in total. The van der Waals surface area contributed by atoms with E-state index in [-0.39, 0.29) is 19.3 Å². The molecule has 0 aliphatic carbocycles. The van der Waals surface area contributed by atoms with Gasteiger partial charge in [0, 0.05) is 11.1 Å². The molecule has 4 aromatic rings. The molecule has 1 atom stereocenters. The van der Waals surface area contributed by atoms with Crippen molar-refractivity contribution in [3.05, 3.63) is 96.3 Å². The van der Waals surface area contributed by atoms with Gasteiger partial charge in [-0.1, -0.05) is 92.2 Å². The van der Waals surface area contributed by atoms with Crippen LogP contribution < -0.4 is 20.5 Å². The minimum absolute atomic E-state index is 0.182. The Balaban J connectivity index is 1.36. The summed E-state index contributed by atoms with van der Waals surface area (Å²) in [4.78, 5) is 12.5. The molecule has 0 unspecified atom stereocenters. The van der Waals surface area contributed by atoms with Crippen molar-refractivity contribution < 1.29 is 19.0 Å². The lowest BCUT2D eigenvalue weighted by atomic mass is 10.0. The van der Waals surface area contributed by atoms with Crippen molar-refractivity contribution in [3.8, 4) is 22.6 Å². The predicted molar refractivity (Wildman–Crippen MR) is 168 cm³/mol. The lowest BCUT2D eigenvalue weighted by molar-refractivity contribution is 0.133.